The first-order chi connectivity index (χ1) is 7.15. The van der Waals surface area contributed by atoms with Crippen LogP contribution in [0.5, 0.6) is 0 Å². The van der Waals surface area contributed by atoms with E-state index in [1.807, 2.05) is 6.07 Å². The molecule has 1 nitrogen and oxygen atoms in total. The summed E-state index contributed by atoms with van der Waals surface area (Å²) in [5.74, 6) is 0.639. The second-order valence-electron chi connectivity index (χ2n) is 4.38. The molecule has 15 heavy (non-hydrogen) atoms. The fourth-order valence-electron chi connectivity index (χ4n) is 1.83. The Morgan fingerprint density at radius 1 is 1.47 bits per heavy atom. The van der Waals surface area contributed by atoms with Gasteiger partial charge in [-0.15, -0.1) is 0 Å². The van der Waals surface area contributed by atoms with Gasteiger partial charge in [0.25, 0.3) is 0 Å². The van der Waals surface area contributed by atoms with Crippen molar-refractivity contribution in [1.82, 2.24) is 0 Å². The first-order valence-corrected chi connectivity index (χ1v) is 6.14. The summed E-state index contributed by atoms with van der Waals surface area (Å²) in [5, 5.41) is 0. The van der Waals surface area contributed by atoms with Crippen molar-refractivity contribution in [2.45, 2.75) is 31.7 Å². The molecule has 2 rings (SSSR count). The molecule has 0 radical (unpaired) electrons. The molecule has 0 aliphatic heterocycles. The number of halogens is 2. The maximum Gasteiger partial charge on any atom is 0.124 e. The van der Waals surface area contributed by atoms with Gasteiger partial charge < -0.3 is 5.73 Å². The Kier molecular flexibility index (Phi) is 3.42. The van der Waals surface area contributed by atoms with Crippen molar-refractivity contribution in [3.05, 3.63) is 34.1 Å². The summed E-state index contributed by atoms with van der Waals surface area (Å²) in [6.45, 7) is 0. The minimum Gasteiger partial charge on any atom is -0.327 e. The quantitative estimate of drug-likeness (QED) is 0.894. The highest BCUT2D eigenvalue weighted by Gasteiger charge is 2.24. The minimum atomic E-state index is -0.207. The van der Waals surface area contributed by atoms with E-state index in [0.29, 0.717) is 0 Å². The summed E-state index contributed by atoms with van der Waals surface area (Å²) >= 11 is 3.36. The monoisotopic (exact) mass is 271 g/mol. The zero-order valence-corrected chi connectivity index (χ0v) is 10.1. The fraction of sp³-hybridized carbons (Fsp3) is 0.500. The summed E-state index contributed by atoms with van der Waals surface area (Å²) in [5.41, 5.74) is 7.14. The summed E-state index contributed by atoms with van der Waals surface area (Å²) in [7, 11) is 0. The lowest BCUT2D eigenvalue weighted by atomic mass is 10.0. The Hall–Kier alpha value is -0.410. The molecule has 1 atom stereocenters. The maximum absolute atomic E-state index is 12.8. The summed E-state index contributed by atoms with van der Waals surface area (Å²) in [6.07, 6.45) is 4.59. The van der Waals surface area contributed by atoms with Crippen molar-refractivity contribution >= 4 is 15.9 Å². The first kappa shape index (κ1) is 11.1. The average Bonchev–Trinajstić information content (AvgIpc) is 2.94. The SMILES string of the molecule is NC(Cc1ccc(F)cc1Br)CC1CC1. The number of hydrogen-bond acceptors (Lipinski definition) is 1. The number of nitrogens with two attached hydrogens (primary N) is 1. The van der Waals surface area contributed by atoms with Gasteiger partial charge in [0.05, 0.1) is 0 Å². The van der Waals surface area contributed by atoms with Gasteiger partial charge in [-0.1, -0.05) is 34.8 Å². The smallest absolute Gasteiger partial charge is 0.124 e. The highest BCUT2D eigenvalue weighted by molar-refractivity contribution is 9.10. The molecule has 0 amide bonds. The van der Waals surface area contributed by atoms with Crippen molar-refractivity contribution < 1.29 is 4.39 Å². The van der Waals surface area contributed by atoms with E-state index >= 15 is 0 Å². The fourth-order valence-corrected chi connectivity index (χ4v) is 2.35. The Bertz CT molecular complexity index is 349. The van der Waals surface area contributed by atoms with E-state index in [0.717, 1.165) is 28.8 Å². The molecule has 1 aliphatic carbocycles. The van der Waals surface area contributed by atoms with Crippen molar-refractivity contribution in [3.63, 3.8) is 0 Å². The zero-order chi connectivity index (χ0) is 10.8. The van der Waals surface area contributed by atoms with Crippen LogP contribution < -0.4 is 5.73 Å². The van der Waals surface area contributed by atoms with Gasteiger partial charge >= 0.3 is 0 Å². The van der Waals surface area contributed by atoms with Gasteiger partial charge in [0.15, 0.2) is 0 Å². The molecule has 2 N–H and O–H groups in total. The van der Waals surface area contributed by atoms with Crippen molar-refractivity contribution in [2.75, 3.05) is 0 Å². The molecule has 0 aromatic heterocycles. The minimum absolute atomic E-state index is 0.207. The average molecular weight is 272 g/mol. The highest BCUT2D eigenvalue weighted by Crippen LogP contribution is 2.34. The van der Waals surface area contributed by atoms with Crippen molar-refractivity contribution in [3.8, 4) is 0 Å². The van der Waals surface area contributed by atoms with Gasteiger partial charge in [-0.25, -0.2) is 4.39 Å². The van der Waals surface area contributed by atoms with Crippen LogP contribution in [-0.2, 0) is 6.42 Å². The van der Waals surface area contributed by atoms with Crippen LogP contribution in [0.3, 0.4) is 0 Å². The number of rotatable bonds is 4. The largest absolute Gasteiger partial charge is 0.327 e. The normalized spacial score (nSPS) is 17.8. The summed E-state index contributed by atoms with van der Waals surface area (Å²) in [4.78, 5) is 0. The molecule has 1 aliphatic rings. The van der Waals surface area contributed by atoms with Crippen LogP contribution in [0.4, 0.5) is 4.39 Å². The van der Waals surface area contributed by atoms with Crippen LogP contribution in [0.2, 0.25) is 0 Å². The zero-order valence-electron chi connectivity index (χ0n) is 8.55. The van der Waals surface area contributed by atoms with E-state index < -0.39 is 0 Å². The predicted molar refractivity (Wildman–Crippen MR) is 63.1 cm³/mol. The molecule has 3 heteroatoms. The standard InChI is InChI=1S/C12H15BrFN/c13-12-7-10(14)4-3-9(12)6-11(15)5-8-1-2-8/h3-4,7-8,11H,1-2,5-6,15H2. The summed E-state index contributed by atoms with van der Waals surface area (Å²) < 4.78 is 13.7. The predicted octanol–water partition coefficient (Wildman–Crippen LogP) is 3.26. The molecule has 1 unspecified atom stereocenters. The topological polar surface area (TPSA) is 26.0 Å². The third-order valence-electron chi connectivity index (χ3n) is 2.83. The van der Waals surface area contributed by atoms with Crippen LogP contribution in [0.1, 0.15) is 24.8 Å². The second kappa shape index (κ2) is 4.62. The van der Waals surface area contributed by atoms with Gasteiger partial charge in [-0.2, -0.15) is 0 Å². The highest BCUT2D eigenvalue weighted by atomic mass is 79.9. The van der Waals surface area contributed by atoms with E-state index in [1.54, 1.807) is 0 Å². The molecule has 1 aromatic carbocycles. The molecule has 1 aromatic rings. The van der Waals surface area contributed by atoms with Crippen molar-refractivity contribution in [2.24, 2.45) is 11.7 Å². The molecule has 0 bridgehead atoms. The van der Waals surface area contributed by atoms with E-state index in [2.05, 4.69) is 15.9 Å². The van der Waals surface area contributed by atoms with Crippen LogP contribution in [0.15, 0.2) is 22.7 Å². The molecule has 0 heterocycles. The van der Waals surface area contributed by atoms with Gasteiger partial charge in [0.2, 0.25) is 0 Å². The Labute approximate surface area is 98.0 Å². The third-order valence-corrected chi connectivity index (χ3v) is 3.57. The lowest BCUT2D eigenvalue weighted by molar-refractivity contribution is 0.564. The van der Waals surface area contributed by atoms with Gasteiger partial charge in [-0.3, -0.25) is 0 Å². The van der Waals surface area contributed by atoms with Crippen LogP contribution in [-0.4, -0.2) is 6.04 Å². The lowest BCUT2D eigenvalue weighted by Gasteiger charge is -2.12. The number of benzene rings is 1. The van der Waals surface area contributed by atoms with E-state index in [-0.39, 0.29) is 11.9 Å². The van der Waals surface area contributed by atoms with Gasteiger partial charge in [0, 0.05) is 10.5 Å². The molecular weight excluding hydrogens is 257 g/mol. The molecule has 0 spiro atoms. The summed E-state index contributed by atoms with van der Waals surface area (Å²) in [6, 6.07) is 5.01. The second-order valence-corrected chi connectivity index (χ2v) is 5.23. The maximum atomic E-state index is 12.8. The molecule has 82 valence electrons. The van der Waals surface area contributed by atoms with E-state index in [9.17, 15) is 4.39 Å². The Morgan fingerprint density at radius 2 is 2.20 bits per heavy atom. The van der Waals surface area contributed by atoms with E-state index in [4.69, 9.17) is 5.73 Å². The molecule has 1 fully saturated rings. The van der Waals surface area contributed by atoms with Crippen molar-refractivity contribution in [1.29, 1.82) is 0 Å². The molecule has 1 saturated carbocycles. The Morgan fingerprint density at radius 3 is 2.80 bits per heavy atom. The van der Waals surface area contributed by atoms with E-state index in [1.165, 1.54) is 25.0 Å². The number of hydrogen-bond donors (Lipinski definition) is 1. The van der Waals surface area contributed by atoms with Gasteiger partial charge in [-0.05, 0) is 36.5 Å². The van der Waals surface area contributed by atoms with Crippen LogP contribution in [0.25, 0.3) is 0 Å². The van der Waals surface area contributed by atoms with Gasteiger partial charge in [0.1, 0.15) is 5.82 Å². The van der Waals surface area contributed by atoms with Crippen LogP contribution in [0, 0.1) is 11.7 Å². The third kappa shape index (κ3) is 3.28. The first-order valence-electron chi connectivity index (χ1n) is 5.34. The van der Waals surface area contributed by atoms with Crippen LogP contribution >= 0.6 is 15.9 Å². The Balaban J connectivity index is 1.96. The molecular formula is C12H15BrFN. The lowest BCUT2D eigenvalue weighted by Crippen LogP contribution is -2.23. The molecule has 0 saturated heterocycles.